The van der Waals surface area contributed by atoms with Crippen LogP contribution < -0.4 is 4.74 Å². The van der Waals surface area contributed by atoms with Crippen molar-refractivity contribution >= 4 is 16.9 Å². The lowest BCUT2D eigenvalue weighted by molar-refractivity contribution is -0.143. The van der Waals surface area contributed by atoms with Crippen LogP contribution in [0.4, 0.5) is 0 Å². The smallest absolute Gasteiger partial charge is 0.261 e. The molecular weight excluding hydrogens is 386 g/mol. The molecular formula is C21H19N5O4. The van der Waals surface area contributed by atoms with Crippen molar-refractivity contribution in [1.29, 1.82) is 0 Å². The van der Waals surface area contributed by atoms with E-state index in [9.17, 15) is 4.79 Å². The topological polar surface area (TPSA) is 106 Å². The van der Waals surface area contributed by atoms with E-state index in [0.29, 0.717) is 30.6 Å². The second-order valence-electron chi connectivity index (χ2n) is 6.87. The van der Waals surface area contributed by atoms with Crippen molar-refractivity contribution in [3.63, 3.8) is 0 Å². The third-order valence-corrected chi connectivity index (χ3v) is 4.96. The van der Waals surface area contributed by atoms with E-state index in [2.05, 4.69) is 20.1 Å². The van der Waals surface area contributed by atoms with Gasteiger partial charge in [0.15, 0.2) is 6.61 Å². The standard InChI is InChI=1S/C21H19N5O4/c27-19(12-29-15-4-2-1-3-5-15)26-8-9-28-11-18(26)21-24-20(25-30-21)14-6-7-16-17(10-14)23-13-22-16/h1-7,10,13,18H,8-9,11-12H2,(H,22,23)/t18-/m1/s1. The zero-order valence-electron chi connectivity index (χ0n) is 16.0. The fourth-order valence-corrected chi connectivity index (χ4v) is 3.41. The first kappa shape index (κ1) is 18.3. The van der Waals surface area contributed by atoms with E-state index in [0.717, 1.165) is 16.6 Å². The largest absolute Gasteiger partial charge is 0.484 e. The maximum absolute atomic E-state index is 12.8. The average molecular weight is 405 g/mol. The number of rotatable bonds is 5. The number of nitrogens with one attached hydrogen (secondary N) is 1. The molecule has 1 amide bonds. The summed E-state index contributed by atoms with van der Waals surface area (Å²) in [5.74, 6) is 1.26. The zero-order valence-corrected chi connectivity index (χ0v) is 16.0. The summed E-state index contributed by atoms with van der Waals surface area (Å²) in [5, 5.41) is 4.09. The maximum Gasteiger partial charge on any atom is 0.261 e. The van der Waals surface area contributed by atoms with Crippen LogP contribution in [-0.2, 0) is 9.53 Å². The van der Waals surface area contributed by atoms with Crippen LogP contribution in [0.2, 0.25) is 0 Å². The lowest BCUT2D eigenvalue weighted by Gasteiger charge is -2.33. The van der Waals surface area contributed by atoms with Gasteiger partial charge in [-0.3, -0.25) is 4.79 Å². The molecule has 1 N–H and O–H groups in total. The number of carbonyl (C=O) groups is 1. The summed E-state index contributed by atoms with van der Waals surface area (Å²) in [6.45, 7) is 1.10. The average Bonchev–Trinajstić information content (AvgIpc) is 3.47. The molecule has 1 saturated heterocycles. The molecule has 0 bridgehead atoms. The number of nitrogens with zero attached hydrogens (tertiary/aromatic N) is 4. The molecule has 9 heteroatoms. The van der Waals surface area contributed by atoms with Gasteiger partial charge in [-0.05, 0) is 30.3 Å². The Labute approximate surface area is 171 Å². The molecule has 152 valence electrons. The Kier molecular flexibility index (Phi) is 4.86. The number of H-pyrrole nitrogens is 1. The van der Waals surface area contributed by atoms with E-state index in [1.807, 2.05) is 48.5 Å². The minimum Gasteiger partial charge on any atom is -0.484 e. The summed E-state index contributed by atoms with van der Waals surface area (Å²) in [4.78, 5) is 26.3. The first-order chi connectivity index (χ1) is 14.8. The van der Waals surface area contributed by atoms with Gasteiger partial charge < -0.3 is 23.9 Å². The number of para-hydroxylation sites is 1. The number of imidazole rings is 1. The minimum atomic E-state index is -0.456. The summed E-state index contributed by atoms with van der Waals surface area (Å²) >= 11 is 0. The summed E-state index contributed by atoms with van der Waals surface area (Å²) in [6.07, 6.45) is 1.64. The molecule has 2 aromatic carbocycles. The predicted octanol–water partition coefficient (Wildman–Crippen LogP) is 2.59. The van der Waals surface area contributed by atoms with E-state index in [4.69, 9.17) is 14.0 Å². The van der Waals surface area contributed by atoms with Gasteiger partial charge in [-0.2, -0.15) is 4.98 Å². The van der Waals surface area contributed by atoms with Crippen molar-refractivity contribution in [2.75, 3.05) is 26.4 Å². The Balaban J connectivity index is 1.33. The first-order valence-corrected chi connectivity index (χ1v) is 9.60. The van der Waals surface area contributed by atoms with Crippen LogP contribution in [0.15, 0.2) is 59.4 Å². The summed E-state index contributed by atoms with van der Waals surface area (Å²) < 4.78 is 16.7. The van der Waals surface area contributed by atoms with Crippen molar-refractivity contribution in [3.8, 4) is 17.1 Å². The second-order valence-corrected chi connectivity index (χ2v) is 6.87. The Bertz CT molecular complexity index is 1160. The number of ether oxygens (including phenoxy) is 2. The predicted molar refractivity (Wildman–Crippen MR) is 107 cm³/mol. The van der Waals surface area contributed by atoms with Gasteiger partial charge >= 0.3 is 0 Å². The molecule has 5 rings (SSSR count). The Hall–Kier alpha value is -3.72. The highest BCUT2D eigenvalue weighted by Gasteiger charge is 2.33. The Morgan fingerprint density at radius 1 is 1.23 bits per heavy atom. The minimum absolute atomic E-state index is 0.0714. The molecule has 1 fully saturated rings. The fraction of sp³-hybridized carbons (Fsp3) is 0.238. The van der Waals surface area contributed by atoms with Crippen LogP contribution in [0, 0.1) is 0 Å². The van der Waals surface area contributed by atoms with Gasteiger partial charge in [0.2, 0.25) is 5.82 Å². The molecule has 0 radical (unpaired) electrons. The third-order valence-electron chi connectivity index (χ3n) is 4.96. The monoisotopic (exact) mass is 405 g/mol. The van der Waals surface area contributed by atoms with E-state index < -0.39 is 6.04 Å². The normalized spacial score (nSPS) is 16.7. The molecule has 3 heterocycles. The van der Waals surface area contributed by atoms with Gasteiger partial charge in [-0.25, -0.2) is 4.98 Å². The molecule has 9 nitrogen and oxygen atoms in total. The number of aromatic amines is 1. The van der Waals surface area contributed by atoms with Crippen molar-refractivity contribution in [3.05, 3.63) is 60.7 Å². The molecule has 1 aliphatic heterocycles. The van der Waals surface area contributed by atoms with E-state index in [-0.39, 0.29) is 19.1 Å². The molecule has 0 saturated carbocycles. The van der Waals surface area contributed by atoms with Crippen LogP contribution in [-0.4, -0.2) is 57.3 Å². The van der Waals surface area contributed by atoms with Crippen molar-refractivity contribution in [1.82, 2.24) is 25.0 Å². The van der Waals surface area contributed by atoms with Crippen LogP contribution in [0.5, 0.6) is 5.75 Å². The summed E-state index contributed by atoms with van der Waals surface area (Å²) in [6, 6.07) is 14.5. The van der Waals surface area contributed by atoms with Gasteiger partial charge in [0, 0.05) is 12.1 Å². The highest BCUT2D eigenvalue weighted by molar-refractivity contribution is 5.80. The number of morpholine rings is 1. The first-order valence-electron chi connectivity index (χ1n) is 9.60. The lowest BCUT2D eigenvalue weighted by Crippen LogP contribution is -2.45. The number of benzene rings is 2. The molecule has 30 heavy (non-hydrogen) atoms. The molecule has 0 unspecified atom stereocenters. The van der Waals surface area contributed by atoms with Gasteiger partial charge in [0.05, 0.1) is 30.6 Å². The van der Waals surface area contributed by atoms with Gasteiger partial charge in [-0.15, -0.1) is 0 Å². The number of aromatic nitrogens is 4. The summed E-state index contributed by atoms with van der Waals surface area (Å²) in [5.41, 5.74) is 2.54. The van der Waals surface area contributed by atoms with Crippen LogP contribution in [0.25, 0.3) is 22.4 Å². The lowest BCUT2D eigenvalue weighted by atomic mass is 10.2. The van der Waals surface area contributed by atoms with E-state index in [1.165, 1.54) is 0 Å². The maximum atomic E-state index is 12.8. The summed E-state index contributed by atoms with van der Waals surface area (Å²) in [7, 11) is 0. The van der Waals surface area contributed by atoms with E-state index in [1.54, 1.807) is 11.2 Å². The van der Waals surface area contributed by atoms with Crippen molar-refractivity contribution in [2.45, 2.75) is 6.04 Å². The quantitative estimate of drug-likeness (QED) is 0.544. The third kappa shape index (κ3) is 3.62. The fourth-order valence-electron chi connectivity index (χ4n) is 3.41. The highest BCUT2D eigenvalue weighted by atomic mass is 16.5. The number of hydrogen-bond donors (Lipinski definition) is 1. The zero-order chi connectivity index (χ0) is 20.3. The Morgan fingerprint density at radius 2 is 2.13 bits per heavy atom. The van der Waals surface area contributed by atoms with Crippen molar-refractivity contribution < 1.29 is 18.8 Å². The second kappa shape index (κ2) is 7.96. The van der Waals surface area contributed by atoms with Crippen LogP contribution in [0.3, 0.4) is 0 Å². The molecule has 0 aliphatic carbocycles. The van der Waals surface area contributed by atoms with Gasteiger partial charge in [0.1, 0.15) is 11.8 Å². The molecule has 2 aromatic heterocycles. The van der Waals surface area contributed by atoms with Gasteiger partial charge in [0.25, 0.3) is 11.8 Å². The Morgan fingerprint density at radius 3 is 3.03 bits per heavy atom. The van der Waals surface area contributed by atoms with Crippen molar-refractivity contribution in [2.24, 2.45) is 0 Å². The molecule has 0 spiro atoms. The molecule has 1 aliphatic rings. The van der Waals surface area contributed by atoms with Crippen LogP contribution >= 0.6 is 0 Å². The highest BCUT2D eigenvalue weighted by Crippen LogP contribution is 2.27. The van der Waals surface area contributed by atoms with Gasteiger partial charge in [-0.1, -0.05) is 23.4 Å². The number of amides is 1. The van der Waals surface area contributed by atoms with E-state index >= 15 is 0 Å². The number of hydrogen-bond acceptors (Lipinski definition) is 7. The molecule has 4 aromatic rings. The molecule has 1 atom stereocenters. The number of carbonyl (C=O) groups excluding carboxylic acids is 1. The van der Waals surface area contributed by atoms with Crippen LogP contribution in [0.1, 0.15) is 11.9 Å². The SMILES string of the molecule is O=C(COc1ccccc1)N1CCOC[C@@H]1c1nc(-c2ccc3nc[nH]c3c2)no1. The number of fused-ring (bicyclic) bond motifs is 1.